The van der Waals surface area contributed by atoms with E-state index in [9.17, 15) is 9.18 Å². The number of carbonyl (C=O) groups excluding carboxylic acids is 1. The molecule has 0 aliphatic rings. The van der Waals surface area contributed by atoms with Crippen molar-refractivity contribution in [2.24, 2.45) is 0 Å². The van der Waals surface area contributed by atoms with Gasteiger partial charge in [0.05, 0.1) is 11.8 Å². The zero-order valence-corrected chi connectivity index (χ0v) is 11.1. The molecule has 0 bridgehead atoms. The number of nitrogens with zero attached hydrogens (tertiary/aromatic N) is 1. The molecule has 2 rings (SSSR count). The average Bonchev–Trinajstić information content (AvgIpc) is 2.80. The number of carbonyl (C=O) groups is 1. The first kappa shape index (κ1) is 14.0. The Morgan fingerprint density at radius 3 is 2.95 bits per heavy atom. The molecule has 0 spiro atoms. The molecule has 5 nitrogen and oxygen atoms in total. The number of hydrogen-bond acceptors (Lipinski definition) is 3. The first-order valence-electron chi connectivity index (χ1n) is 6.33. The van der Waals surface area contributed by atoms with E-state index in [4.69, 9.17) is 5.11 Å². The number of phenolic OH excluding ortho intramolecular Hbond substituents is 1. The van der Waals surface area contributed by atoms with Crippen LogP contribution < -0.4 is 5.32 Å². The number of aromatic amines is 1. The van der Waals surface area contributed by atoms with Crippen LogP contribution in [-0.4, -0.2) is 27.8 Å². The van der Waals surface area contributed by atoms with Crippen molar-refractivity contribution in [1.29, 1.82) is 0 Å². The summed E-state index contributed by atoms with van der Waals surface area (Å²) in [6.45, 7) is 2.39. The van der Waals surface area contributed by atoms with Gasteiger partial charge >= 0.3 is 0 Å². The molecule has 0 saturated carbocycles. The van der Waals surface area contributed by atoms with Crippen LogP contribution in [0.3, 0.4) is 0 Å². The highest BCUT2D eigenvalue weighted by Gasteiger charge is 2.11. The molecule has 0 fully saturated rings. The maximum atomic E-state index is 13.5. The topological polar surface area (TPSA) is 78.0 Å². The van der Waals surface area contributed by atoms with Crippen molar-refractivity contribution in [3.8, 4) is 5.75 Å². The van der Waals surface area contributed by atoms with Crippen molar-refractivity contribution < 1.29 is 14.3 Å². The van der Waals surface area contributed by atoms with Crippen molar-refractivity contribution in [2.45, 2.75) is 19.8 Å². The fraction of sp³-hybridized carbons (Fsp3) is 0.286. The smallest absolute Gasteiger partial charge is 0.254 e. The van der Waals surface area contributed by atoms with Crippen molar-refractivity contribution >= 4 is 5.91 Å². The number of nitrogens with one attached hydrogen (secondary N) is 2. The Kier molecular flexibility index (Phi) is 4.34. The Labute approximate surface area is 115 Å². The minimum atomic E-state index is -0.729. The first-order chi connectivity index (χ1) is 9.58. The third kappa shape index (κ3) is 3.34. The zero-order chi connectivity index (χ0) is 14.5. The van der Waals surface area contributed by atoms with E-state index >= 15 is 0 Å². The molecule has 0 radical (unpaired) electrons. The van der Waals surface area contributed by atoms with Crippen LogP contribution in [0, 0.1) is 12.7 Å². The SMILES string of the molecule is Cc1[nH]ncc1CCCNC(=O)c1ccc(O)cc1F. The van der Waals surface area contributed by atoms with E-state index in [1.165, 1.54) is 12.1 Å². The Morgan fingerprint density at radius 1 is 1.50 bits per heavy atom. The summed E-state index contributed by atoms with van der Waals surface area (Å²) in [7, 11) is 0. The fourth-order valence-corrected chi connectivity index (χ4v) is 1.89. The molecule has 0 aliphatic heterocycles. The van der Waals surface area contributed by atoms with E-state index in [1.807, 2.05) is 6.92 Å². The lowest BCUT2D eigenvalue weighted by Crippen LogP contribution is -2.25. The predicted octanol–water partition coefficient (Wildman–Crippen LogP) is 1.93. The van der Waals surface area contributed by atoms with Crippen molar-refractivity contribution in [3.05, 3.63) is 47.0 Å². The number of benzene rings is 1. The van der Waals surface area contributed by atoms with Crippen molar-refractivity contribution in [1.82, 2.24) is 15.5 Å². The van der Waals surface area contributed by atoms with Gasteiger partial charge in [0.25, 0.3) is 5.91 Å². The molecule has 3 N–H and O–H groups in total. The van der Waals surface area contributed by atoms with Gasteiger partial charge < -0.3 is 10.4 Å². The minimum Gasteiger partial charge on any atom is -0.508 e. The summed E-state index contributed by atoms with van der Waals surface area (Å²) in [6.07, 6.45) is 3.29. The van der Waals surface area contributed by atoms with Gasteiger partial charge in [-0.2, -0.15) is 5.10 Å². The van der Waals surface area contributed by atoms with Crippen LogP contribution in [0.15, 0.2) is 24.4 Å². The average molecular weight is 277 g/mol. The van der Waals surface area contributed by atoms with Crippen LogP contribution in [0.25, 0.3) is 0 Å². The number of hydrogen-bond donors (Lipinski definition) is 3. The Morgan fingerprint density at radius 2 is 2.30 bits per heavy atom. The lowest BCUT2D eigenvalue weighted by Gasteiger charge is -2.06. The van der Waals surface area contributed by atoms with Crippen LogP contribution in [0.2, 0.25) is 0 Å². The minimum absolute atomic E-state index is 0.0673. The molecule has 0 saturated heterocycles. The molecular formula is C14H16FN3O2. The maximum absolute atomic E-state index is 13.5. The predicted molar refractivity (Wildman–Crippen MR) is 72.0 cm³/mol. The van der Waals surface area contributed by atoms with Crippen LogP contribution in [0.1, 0.15) is 28.0 Å². The van der Waals surface area contributed by atoms with E-state index < -0.39 is 11.7 Å². The molecule has 1 aromatic heterocycles. The molecule has 1 amide bonds. The fourth-order valence-electron chi connectivity index (χ4n) is 1.89. The summed E-state index contributed by atoms with van der Waals surface area (Å²) in [6, 6.07) is 3.47. The zero-order valence-electron chi connectivity index (χ0n) is 11.1. The van der Waals surface area contributed by atoms with Gasteiger partial charge in [0.2, 0.25) is 0 Å². The van der Waals surface area contributed by atoms with Crippen LogP contribution in [0.4, 0.5) is 4.39 Å². The summed E-state index contributed by atoms with van der Waals surface area (Å²) in [5, 5.41) is 18.5. The summed E-state index contributed by atoms with van der Waals surface area (Å²) in [5.41, 5.74) is 2.05. The molecule has 1 heterocycles. The second-order valence-corrected chi connectivity index (χ2v) is 4.54. The standard InChI is InChI=1S/C14H16FN3O2/c1-9-10(8-17-18-9)3-2-6-16-14(20)12-5-4-11(19)7-13(12)15/h4-5,7-8,19H,2-3,6H2,1H3,(H,16,20)(H,17,18). The number of aromatic hydroxyl groups is 1. The van der Waals surface area contributed by atoms with Gasteiger partial charge in [-0.1, -0.05) is 0 Å². The largest absolute Gasteiger partial charge is 0.508 e. The highest BCUT2D eigenvalue weighted by atomic mass is 19.1. The first-order valence-corrected chi connectivity index (χ1v) is 6.33. The third-order valence-electron chi connectivity index (χ3n) is 3.04. The second-order valence-electron chi connectivity index (χ2n) is 4.54. The second kappa shape index (κ2) is 6.18. The van der Waals surface area contributed by atoms with Crippen LogP contribution >= 0.6 is 0 Å². The number of halogens is 1. The monoisotopic (exact) mass is 277 g/mol. The van der Waals surface area contributed by atoms with Gasteiger partial charge in [0.15, 0.2) is 0 Å². The van der Waals surface area contributed by atoms with Crippen LogP contribution in [0.5, 0.6) is 5.75 Å². The molecule has 0 unspecified atom stereocenters. The number of aryl methyl sites for hydroxylation is 2. The molecule has 2 aromatic rings. The Hall–Kier alpha value is -2.37. The van der Waals surface area contributed by atoms with Crippen LogP contribution in [-0.2, 0) is 6.42 Å². The van der Waals surface area contributed by atoms with E-state index in [-0.39, 0.29) is 11.3 Å². The van der Waals surface area contributed by atoms with Gasteiger partial charge in [-0.3, -0.25) is 9.89 Å². The number of H-pyrrole nitrogens is 1. The molecular weight excluding hydrogens is 261 g/mol. The number of aromatic nitrogens is 2. The maximum Gasteiger partial charge on any atom is 0.254 e. The van der Waals surface area contributed by atoms with Crippen molar-refractivity contribution in [2.75, 3.05) is 6.54 Å². The third-order valence-corrected chi connectivity index (χ3v) is 3.04. The number of rotatable bonds is 5. The molecule has 0 atom stereocenters. The summed E-state index contributed by atoms with van der Waals surface area (Å²) < 4.78 is 13.5. The quantitative estimate of drug-likeness (QED) is 0.731. The van der Waals surface area contributed by atoms with E-state index in [2.05, 4.69) is 15.5 Å². The van der Waals surface area contributed by atoms with Gasteiger partial charge in [0, 0.05) is 18.3 Å². The van der Waals surface area contributed by atoms with Gasteiger partial charge in [-0.15, -0.1) is 0 Å². The van der Waals surface area contributed by atoms with Gasteiger partial charge in [-0.25, -0.2) is 4.39 Å². The number of phenols is 1. The Bertz CT molecular complexity index is 610. The van der Waals surface area contributed by atoms with E-state index in [0.717, 1.165) is 30.2 Å². The van der Waals surface area contributed by atoms with Gasteiger partial charge in [-0.05, 0) is 37.5 Å². The molecule has 106 valence electrons. The van der Waals surface area contributed by atoms with Gasteiger partial charge in [0.1, 0.15) is 11.6 Å². The normalized spacial score (nSPS) is 10.5. The number of amides is 1. The Balaban J connectivity index is 1.82. The van der Waals surface area contributed by atoms with E-state index in [0.29, 0.717) is 6.54 Å². The summed E-state index contributed by atoms with van der Waals surface area (Å²) >= 11 is 0. The lowest BCUT2D eigenvalue weighted by molar-refractivity contribution is 0.0949. The highest BCUT2D eigenvalue weighted by molar-refractivity contribution is 5.94. The molecule has 1 aromatic carbocycles. The lowest BCUT2D eigenvalue weighted by atomic mass is 10.1. The summed E-state index contributed by atoms with van der Waals surface area (Å²) in [4.78, 5) is 11.8. The summed E-state index contributed by atoms with van der Waals surface area (Å²) in [5.74, 6) is -1.41. The molecule has 0 aliphatic carbocycles. The molecule has 6 heteroatoms. The molecule has 20 heavy (non-hydrogen) atoms. The highest BCUT2D eigenvalue weighted by Crippen LogP contribution is 2.14. The van der Waals surface area contributed by atoms with E-state index in [1.54, 1.807) is 6.20 Å². The van der Waals surface area contributed by atoms with Crippen molar-refractivity contribution in [3.63, 3.8) is 0 Å².